The predicted molar refractivity (Wildman–Crippen MR) is 71.4 cm³/mol. The quantitative estimate of drug-likeness (QED) is 0.791. The molecule has 1 saturated heterocycles. The Balaban J connectivity index is 2.16. The number of halogens is 1. The van der Waals surface area contributed by atoms with Gasteiger partial charge in [0.25, 0.3) is 0 Å². The Labute approximate surface area is 106 Å². The zero-order valence-electron chi connectivity index (χ0n) is 9.87. The van der Waals surface area contributed by atoms with Gasteiger partial charge >= 0.3 is 0 Å². The van der Waals surface area contributed by atoms with Crippen LogP contribution in [0.1, 0.15) is 17.5 Å². The first-order chi connectivity index (χ1) is 7.72. The summed E-state index contributed by atoms with van der Waals surface area (Å²) >= 11 is 3.50. The molecular weight excluding hydrogens is 266 g/mol. The molecule has 0 amide bonds. The number of nitrogens with zero attached hydrogens (tertiary/aromatic N) is 1. The lowest BCUT2D eigenvalue weighted by Crippen LogP contribution is -2.31. The molecule has 1 aliphatic heterocycles. The van der Waals surface area contributed by atoms with Gasteiger partial charge in [-0.05, 0) is 36.6 Å². The lowest BCUT2D eigenvalue weighted by molar-refractivity contribution is 0.193. The topological polar surface area (TPSA) is 12.5 Å². The Morgan fingerprint density at radius 3 is 2.88 bits per heavy atom. The number of anilines is 1. The predicted octanol–water partition coefficient (Wildman–Crippen LogP) is 3.12. The molecule has 1 aromatic carbocycles. The van der Waals surface area contributed by atoms with Crippen molar-refractivity contribution < 1.29 is 4.74 Å². The Morgan fingerprint density at radius 1 is 1.50 bits per heavy atom. The van der Waals surface area contributed by atoms with Gasteiger partial charge in [0, 0.05) is 24.7 Å². The van der Waals surface area contributed by atoms with E-state index in [2.05, 4.69) is 53.0 Å². The number of ether oxygens (including phenoxy) is 1. The van der Waals surface area contributed by atoms with Crippen molar-refractivity contribution in [2.75, 3.05) is 25.2 Å². The van der Waals surface area contributed by atoms with Crippen LogP contribution in [-0.4, -0.2) is 26.3 Å². The Bertz CT molecular complexity index is 361. The summed E-state index contributed by atoms with van der Waals surface area (Å²) in [6.07, 6.45) is 1.13. The van der Waals surface area contributed by atoms with E-state index < -0.39 is 0 Å². The third-order valence-electron chi connectivity index (χ3n) is 3.33. The van der Waals surface area contributed by atoms with Crippen LogP contribution in [0.25, 0.3) is 0 Å². The van der Waals surface area contributed by atoms with E-state index in [1.807, 2.05) is 0 Å². The molecule has 88 valence electrons. The standard InChI is InChI=1S/C13H18BrNO/c1-10-7-12(4-3-11(10)8-14)15(2)13-5-6-16-9-13/h3-4,7,13H,5-6,8-9H2,1-2H3. The fourth-order valence-corrected chi connectivity index (χ4v) is 2.72. The van der Waals surface area contributed by atoms with Crippen molar-refractivity contribution >= 4 is 21.6 Å². The molecule has 1 atom stereocenters. The molecule has 1 aliphatic rings. The van der Waals surface area contributed by atoms with Crippen molar-refractivity contribution in [1.29, 1.82) is 0 Å². The van der Waals surface area contributed by atoms with Crippen LogP contribution < -0.4 is 4.90 Å². The molecule has 0 N–H and O–H groups in total. The van der Waals surface area contributed by atoms with Crippen molar-refractivity contribution in [1.82, 2.24) is 0 Å². The number of hydrogen-bond acceptors (Lipinski definition) is 2. The average molecular weight is 284 g/mol. The van der Waals surface area contributed by atoms with Crippen molar-refractivity contribution in [3.8, 4) is 0 Å². The first kappa shape index (κ1) is 11.9. The highest BCUT2D eigenvalue weighted by atomic mass is 79.9. The molecule has 0 saturated carbocycles. The number of hydrogen-bond donors (Lipinski definition) is 0. The zero-order chi connectivity index (χ0) is 11.5. The van der Waals surface area contributed by atoms with Gasteiger partial charge < -0.3 is 9.64 Å². The molecule has 1 heterocycles. The smallest absolute Gasteiger partial charge is 0.0670 e. The minimum Gasteiger partial charge on any atom is -0.379 e. The third kappa shape index (κ3) is 2.41. The molecule has 0 aromatic heterocycles. The fourth-order valence-electron chi connectivity index (χ4n) is 2.09. The Hall–Kier alpha value is -0.540. The molecular formula is C13H18BrNO. The zero-order valence-corrected chi connectivity index (χ0v) is 11.5. The van der Waals surface area contributed by atoms with Crippen LogP contribution in [0.2, 0.25) is 0 Å². The van der Waals surface area contributed by atoms with Gasteiger partial charge in [-0.3, -0.25) is 0 Å². The molecule has 3 heteroatoms. The van der Waals surface area contributed by atoms with Crippen LogP contribution in [0.3, 0.4) is 0 Å². The summed E-state index contributed by atoms with van der Waals surface area (Å²) in [7, 11) is 2.15. The molecule has 0 bridgehead atoms. The minimum absolute atomic E-state index is 0.536. The highest BCUT2D eigenvalue weighted by molar-refractivity contribution is 9.08. The third-order valence-corrected chi connectivity index (χ3v) is 3.93. The van der Waals surface area contributed by atoms with Gasteiger partial charge in [-0.25, -0.2) is 0 Å². The SMILES string of the molecule is Cc1cc(N(C)C2CCOC2)ccc1CBr. The van der Waals surface area contributed by atoms with Crippen LogP contribution >= 0.6 is 15.9 Å². The molecule has 1 unspecified atom stereocenters. The van der Waals surface area contributed by atoms with Crippen LogP contribution in [0.5, 0.6) is 0 Å². The van der Waals surface area contributed by atoms with Crippen molar-refractivity contribution in [3.63, 3.8) is 0 Å². The average Bonchev–Trinajstić information content (AvgIpc) is 2.81. The van der Waals surface area contributed by atoms with Crippen LogP contribution in [0.15, 0.2) is 18.2 Å². The van der Waals surface area contributed by atoms with Gasteiger partial charge in [-0.1, -0.05) is 22.0 Å². The van der Waals surface area contributed by atoms with E-state index in [1.165, 1.54) is 16.8 Å². The highest BCUT2D eigenvalue weighted by Gasteiger charge is 2.20. The second-order valence-electron chi connectivity index (χ2n) is 4.37. The fraction of sp³-hybridized carbons (Fsp3) is 0.538. The Morgan fingerprint density at radius 2 is 2.31 bits per heavy atom. The molecule has 2 nitrogen and oxygen atoms in total. The largest absolute Gasteiger partial charge is 0.379 e. The number of alkyl halides is 1. The number of rotatable bonds is 3. The molecule has 0 aliphatic carbocycles. The van der Waals surface area contributed by atoms with E-state index in [9.17, 15) is 0 Å². The van der Waals surface area contributed by atoms with E-state index >= 15 is 0 Å². The second kappa shape index (κ2) is 5.19. The van der Waals surface area contributed by atoms with Gasteiger partial charge in [-0.15, -0.1) is 0 Å². The molecule has 16 heavy (non-hydrogen) atoms. The van der Waals surface area contributed by atoms with Gasteiger partial charge in [0.1, 0.15) is 0 Å². The second-order valence-corrected chi connectivity index (χ2v) is 4.93. The lowest BCUT2D eigenvalue weighted by atomic mass is 10.1. The van der Waals surface area contributed by atoms with Gasteiger partial charge in [-0.2, -0.15) is 0 Å². The Kier molecular flexibility index (Phi) is 3.87. The van der Waals surface area contributed by atoms with E-state index in [4.69, 9.17) is 4.74 Å². The molecule has 0 spiro atoms. The van der Waals surface area contributed by atoms with Gasteiger partial charge in [0.05, 0.1) is 12.6 Å². The van der Waals surface area contributed by atoms with Gasteiger partial charge in [0.2, 0.25) is 0 Å². The van der Waals surface area contributed by atoms with Crippen molar-refractivity contribution in [2.24, 2.45) is 0 Å². The minimum atomic E-state index is 0.536. The summed E-state index contributed by atoms with van der Waals surface area (Å²) in [5.41, 5.74) is 4.00. The summed E-state index contributed by atoms with van der Waals surface area (Å²) in [5, 5.41) is 0.926. The summed E-state index contributed by atoms with van der Waals surface area (Å²) < 4.78 is 5.43. The lowest BCUT2D eigenvalue weighted by Gasteiger charge is -2.26. The van der Waals surface area contributed by atoms with Crippen LogP contribution in [-0.2, 0) is 10.1 Å². The summed E-state index contributed by atoms with van der Waals surface area (Å²) in [6.45, 7) is 3.92. The molecule has 1 aromatic rings. The summed E-state index contributed by atoms with van der Waals surface area (Å²) in [6, 6.07) is 7.19. The summed E-state index contributed by atoms with van der Waals surface area (Å²) in [4.78, 5) is 2.33. The molecule has 2 rings (SSSR count). The van der Waals surface area contributed by atoms with Crippen LogP contribution in [0.4, 0.5) is 5.69 Å². The normalized spacial score (nSPS) is 20.1. The first-order valence-corrected chi connectivity index (χ1v) is 6.80. The van der Waals surface area contributed by atoms with Gasteiger partial charge in [0.15, 0.2) is 0 Å². The number of benzene rings is 1. The first-order valence-electron chi connectivity index (χ1n) is 5.68. The number of likely N-dealkylation sites (N-methyl/N-ethyl adjacent to an activating group) is 1. The van der Waals surface area contributed by atoms with E-state index in [1.54, 1.807) is 0 Å². The van der Waals surface area contributed by atoms with Crippen molar-refractivity contribution in [2.45, 2.75) is 24.7 Å². The van der Waals surface area contributed by atoms with Crippen molar-refractivity contribution in [3.05, 3.63) is 29.3 Å². The maximum atomic E-state index is 5.43. The molecule has 1 fully saturated rings. The summed E-state index contributed by atoms with van der Waals surface area (Å²) in [5.74, 6) is 0. The van der Waals surface area contributed by atoms with Crippen LogP contribution in [0, 0.1) is 6.92 Å². The van der Waals surface area contributed by atoms with E-state index in [-0.39, 0.29) is 0 Å². The highest BCUT2D eigenvalue weighted by Crippen LogP contribution is 2.23. The monoisotopic (exact) mass is 283 g/mol. The van der Waals surface area contributed by atoms with E-state index in [0.29, 0.717) is 6.04 Å². The number of aryl methyl sites for hydroxylation is 1. The maximum absolute atomic E-state index is 5.43. The maximum Gasteiger partial charge on any atom is 0.0670 e. The van der Waals surface area contributed by atoms with E-state index in [0.717, 1.165) is 25.0 Å². The molecule has 0 radical (unpaired) electrons.